The number of carbonyl (C=O) groups excluding carboxylic acids is 1. The van der Waals surface area contributed by atoms with E-state index in [9.17, 15) is 26.4 Å². The molecule has 1 rings (SSSR count). The van der Waals surface area contributed by atoms with Crippen molar-refractivity contribution in [1.29, 1.82) is 0 Å². The normalized spacial score (nSPS) is 13.1. The van der Waals surface area contributed by atoms with Gasteiger partial charge in [-0.1, -0.05) is 29.8 Å². The van der Waals surface area contributed by atoms with Gasteiger partial charge in [0.2, 0.25) is 0 Å². The number of rotatable bonds is 6. The first-order chi connectivity index (χ1) is 11.0. The minimum atomic E-state index is -5.92. The molecule has 0 spiro atoms. The predicted molar refractivity (Wildman–Crippen MR) is 81.3 cm³/mol. The second kappa shape index (κ2) is 8.20. The highest BCUT2D eigenvalue weighted by Gasteiger charge is 2.48. The number of hydrogen-bond donors (Lipinski definition) is 0. The molecule has 24 heavy (non-hydrogen) atoms. The topological polar surface area (TPSA) is 69.7 Å². The van der Waals surface area contributed by atoms with Gasteiger partial charge in [-0.25, -0.2) is 4.79 Å². The highest BCUT2D eigenvalue weighted by Crippen LogP contribution is 2.27. The molecule has 0 N–H and O–H groups in total. The van der Waals surface area contributed by atoms with Gasteiger partial charge in [-0.2, -0.15) is 21.6 Å². The summed E-state index contributed by atoms with van der Waals surface area (Å²) in [5.74, 6) is -1.90. The molecule has 0 saturated heterocycles. The number of carbonyl (C=O) groups is 1. The third-order valence-electron chi connectivity index (χ3n) is 2.35. The Morgan fingerprint density at radius 2 is 1.83 bits per heavy atom. The Hall–Kier alpha value is -2.00. The van der Waals surface area contributed by atoms with E-state index in [0.29, 0.717) is 16.7 Å². The summed E-state index contributed by atoms with van der Waals surface area (Å²) in [6, 6.07) is 6.09. The molecule has 0 aliphatic carbocycles. The van der Waals surface area contributed by atoms with Gasteiger partial charge in [0.25, 0.3) is 0 Å². The highest BCUT2D eigenvalue weighted by molar-refractivity contribution is 7.87. The third-order valence-corrected chi connectivity index (χ3v) is 3.58. The average molecular weight is 385 g/mol. The molecule has 0 atom stereocenters. The van der Waals surface area contributed by atoms with E-state index in [4.69, 9.17) is 11.6 Å². The van der Waals surface area contributed by atoms with Crippen molar-refractivity contribution in [3.8, 4) is 0 Å². The summed E-state index contributed by atoms with van der Waals surface area (Å²) in [6.07, 6.45) is 2.63. The van der Waals surface area contributed by atoms with E-state index in [1.807, 2.05) is 0 Å². The molecule has 10 heteroatoms. The standard InChI is InChI=1S/C14H12ClF3O5S/c1-2-22-13(19)9-12(23-24(20,21)14(16,17)18)8-5-10-3-6-11(15)7-4-10/h3-9H,2H2,1H3/b8-5+,12-9+. The lowest BCUT2D eigenvalue weighted by Gasteiger charge is -2.10. The maximum atomic E-state index is 12.4. The van der Waals surface area contributed by atoms with Crippen molar-refractivity contribution in [3.63, 3.8) is 0 Å². The first-order valence-corrected chi connectivity index (χ1v) is 8.16. The third kappa shape index (κ3) is 6.25. The maximum Gasteiger partial charge on any atom is 0.534 e. The van der Waals surface area contributed by atoms with E-state index in [2.05, 4.69) is 8.92 Å². The van der Waals surface area contributed by atoms with Crippen molar-refractivity contribution in [2.75, 3.05) is 6.61 Å². The average Bonchev–Trinajstić information content (AvgIpc) is 2.45. The first kappa shape index (κ1) is 20.0. The van der Waals surface area contributed by atoms with Gasteiger partial charge in [0.15, 0.2) is 0 Å². The van der Waals surface area contributed by atoms with Crippen LogP contribution in [0.1, 0.15) is 12.5 Å². The molecule has 0 bridgehead atoms. The number of esters is 1. The molecule has 5 nitrogen and oxygen atoms in total. The predicted octanol–water partition coefficient (Wildman–Crippen LogP) is 3.67. The van der Waals surface area contributed by atoms with Crippen LogP contribution in [0.4, 0.5) is 13.2 Å². The lowest BCUT2D eigenvalue weighted by molar-refractivity contribution is -0.137. The zero-order chi connectivity index (χ0) is 18.4. The second-order valence-corrected chi connectivity index (χ2v) is 6.14. The van der Waals surface area contributed by atoms with E-state index < -0.39 is 27.4 Å². The van der Waals surface area contributed by atoms with Crippen LogP contribution in [0.15, 0.2) is 42.2 Å². The van der Waals surface area contributed by atoms with Gasteiger partial charge in [0.05, 0.1) is 12.7 Å². The van der Waals surface area contributed by atoms with Gasteiger partial charge in [-0.3, -0.25) is 0 Å². The van der Waals surface area contributed by atoms with E-state index in [1.165, 1.54) is 37.3 Å². The number of allylic oxidation sites excluding steroid dienone is 1. The maximum absolute atomic E-state index is 12.4. The fourth-order valence-electron chi connectivity index (χ4n) is 1.33. The number of alkyl halides is 3. The summed E-state index contributed by atoms with van der Waals surface area (Å²) in [6.45, 7) is 1.43. The molecule has 0 amide bonds. The molecule has 1 aromatic rings. The first-order valence-electron chi connectivity index (χ1n) is 6.38. The fraction of sp³-hybridized carbons (Fsp3) is 0.214. The Kier molecular flexibility index (Phi) is 6.85. The molecular formula is C14H12ClF3O5S. The van der Waals surface area contributed by atoms with Crippen molar-refractivity contribution in [2.24, 2.45) is 0 Å². The molecule has 0 unspecified atom stereocenters. The minimum absolute atomic E-state index is 0.0461. The van der Waals surface area contributed by atoms with Crippen LogP contribution >= 0.6 is 11.6 Å². The Morgan fingerprint density at radius 1 is 1.25 bits per heavy atom. The molecule has 1 aromatic carbocycles. The largest absolute Gasteiger partial charge is 0.534 e. The van der Waals surface area contributed by atoms with Gasteiger partial charge >= 0.3 is 21.6 Å². The summed E-state index contributed by atoms with van der Waals surface area (Å²) in [7, 11) is -5.92. The number of halogens is 4. The van der Waals surface area contributed by atoms with Crippen molar-refractivity contribution in [3.05, 3.63) is 52.8 Å². The number of hydrogen-bond acceptors (Lipinski definition) is 5. The summed E-state index contributed by atoms with van der Waals surface area (Å²) < 4.78 is 67.8. The smallest absolute Gasteiger partial charge is 0.463 e. The van der Waals surface area contributed by atoms with Crippen molar-refractivity contribution >= 4 is 33.8 Å². The Labute approximate surface area is 141 Å². The van der Waals surface area contributed by atoms with Crippen LogP contribution in [-0.2, 0) is 23.8 Å². The SMILES string of the molecule is CCOC(=O)/C=C(\C=C\c1ccc(Cl)cc1)OS(=O)(=O)C(F)(F)F. The highest BCUT2D eigenvalue weighted by atomic mass is 35.5. The molecule has 0 radical (unpaired) electrons. The number of ether oxygens (including phenoxy) is 1. The summed E-state index contributed by atoms with van der Waals surface area (Å²) in [5.41, 5.74) is -5.14. The van der Waals surface area contributed by atoms with Gasteiger partial charge < -0.3 is 8.92 Å². The van der Waals surface area contributed by atoms with Gasteiger partial charge in [0, 0.05) is 5.02 Å². The van der Waals surface area contributed by atoms with Crippen molar-refractivity contribution < 1.29 is 35.3 Å². The Balaban J connectivity index is 3.10. The van der Waals surface area contributed by atoms with Crippen LogP contribution in [0.2, 0.25) is 5.02 Å². The van der Waals surface area contributed by atoms with Crippen LogP contribution in [0.3, 0.4) is 0 Å². The lowest BCUT2D eigenvalue weighted by atomic mass is 10.2. The molecule has 0 aliphatic rings. The van der Waals surface area contributed by atoms with Crippen molar-refractivity contribution in [2.45, 2.75) is 12.4 Å². The van der Waals surface area contributed by atoms with Crippen LogP contribution in [0.5, 0.6) is 0 Å². The summed E-state index contributed by atoms with van der Waals surface area (Å²) in [5, 5.41) is 0.435. The Bertz CT molecular complexity index is 737. The number of benzene rings is 1. The molecule has 132 valence electrons. The minimum Gasteiger partial charge on any atom is -0.463 e. The van der Waals surface area contributed by atoms with Crippen LogP contribution in [-0.4, -0.2) is 26.5 Å². The van der Waals surface area contributed by atoms with E-state index in [0.717, 1.165) is 6.08 Å². The second-order valence-electron chi connectivity index (χ2n) is 4.17. The zero-order valence-electron chi connectivity index (χ0n) is 12.2. The van der Waals surface area contributed by atoms with Crippen LogP contribution < -0.4 is 0 Å². The zero-order valence-corrected chi connectivity index (χ0v) is 13.8. The summed E-state index contributed by atoms with van der Waals surface area (Å²) >= 11 is 5.69. The fourth-order valence-corrected chi connectivity index (χ4v) is 1.90. The van der Waals surface area contributed by atoms with Crippen LogP contribution in [0.25, 0.3) is 6.08 Å². The summed E-state index contributed by atoms with van der Waals surface area (Å²) in [4.78, 5) is 11.3. The van der Waals surface area contributed by atoms with E-state index in [1.54, 1.807) is 0 Å². The molecule has 0 aromatic heterocycles. The molecule has 0 fully saturated rings. The molecule has 0 aliphatic heterocycles. The van der Waals surface area contributed by atoms with Gasteiger partial charge in [0.1, 0.15) is 5.76 Å². The van der Waals surface area contributed by atoms with Gasteiger partial charge in [-0.05, 0) is 30.7 Å². The molecular weight excluding hydrogens is 373 g/mol. The van der Waals surface area contributed by atoms with Gasteiger partial charge in [-0.15, -0.1) is 0 Å². The lowest BCUT2D eigenvalue weighted by Crippen LogP contribution is -2.25. The monoisotopic (exact) mass is 384 g/mol. The Morgan fingerprint density at radius 3 is 2.33 bits per heavy atom. The van der Waals surface area contributed by atoms with Crippen molar-refractivity contribution in [1.82, 2.24) is 0 Å². The van der Waals surface area contributed by atoms with E-state index >= 15 is 0 Å². The molecule has 0 saturated carbocycles. The molecule has 0 heterocycles. The quantitative estimate of drug-likeness (QED) is 0.187. The van der Waals surface area contributed by atoms with E-state index in [-0.39, 0.29) is 6.61 Å². The van der Waals surface area contributed by atoms with Crippen LogP contribution in [0, 0.1) is 0 Å².